The minimum absolute atomic E-state index is 0. The fourth-order valence-corrected chi connectivity index (χ4v) is 15.0. The molecule has 0 unspecified atom stereocenters. The van der Waals surface area contributed by atoms with Crippen LogP contribution < -0.4 is 0 Å². The van der Waals surface area contributed by atoms with Crippen molar-refractivity contribution >= 4 is 38.6 Å². The van der Waals surface area contributed by atoms with Crippen LogP contribution in [0.5, 0.6) is 0 Å². The van der Waals surface area contributed by atoms with E-state index in [1.807, 2.05) is 291 Å². The van der Waals surface area contributed by atoms with Crippen molar-refractivity contribution in [2.24, 2.45) is 16.7 Å². The molecule has 8 heterocycles. The van der Waals surface area contributed by atoms with Gasteiger partial charge in [0.2, 0.25) is 0 Å². The van der Waals surface area contributed by atoms with Gasteiger partial charge in [-0.3, -0.25) is 9.78 Å². The Kier molecular flexibility index (Phi) is 40.1. The van der Waals surface area contributed by atoms with E-state index in [4.69, 9.17) is 17.6 Å². The second-order valence-electron chi connectivity index (χ2n) is 36.1. The summed E-state index contributed by atoms with van der Waals surface area (Å²) in [6.45, 7) is 17.8. The van der Waals surface area contributed by atoms with Gasteiger partial charge in [-0.2, -0.15) is 0 Å². The molecule has 21 aromatic rings. The topological polar surface area (TPSA) is 141 Å². The van der Waals surface area contributed by atoms with E-state index < -0.39 is 19.1 Å². The molecular weight excluding hydrogens is 2490 g/mol. The van der Waals surface area contributed by atoms with Gasteiger partial charge in [0.1, 0.15) is 11.3 Å². The third-order valence-corrected chi connectivity index (χ3v) is 22.4. The van der Waals surface area contributed by atoms with Crippen molar-refractivity contribution in [1.82, 2.24) is 34.9 Å². The summed E-state index contributed by atoms with van der Waals surface area (Å²) in [5.41, 5.74) is 29.9. The predicted octanol–water partition coefficient (Wildman–Crippen LogP) is 33.4. The van der Waals surface area contributed by atoms with Crippen molar-refractivity contribution in [3.05, 3.63) is 513 Å². The average molecular weight is 2610 g/mol. The number of pyridine rings is 7. The maximum atomic E-state index is 11.5. The van der Waals surface area contributed by atoms with Crippen LogP contribution in [0.4, 0.5) is 0 Å². The van der Waals surface area contributed by atoms with Crippen LogP contribution in [0.15, 0.2) is 442 Å². The molecule has 21 rings (SSSR count). The number of furan rings is 1. The molecule has 13 aromatic carbocycles. The van der Waals surface area contributed by atoms with E-state index in [2.05, 4.69) is 228 Å². The van der Waals surface area contributed by atoms with Crippen LogP contribution in [0, 0.1) is 93.7 Å². The first kappa shape index (κ1) is 104. The second-order valence-corrected chi connectivity index (χ2v) is 36.1. The molecule has 8 aromatic heterocycles. The summed E-state index contributed by atoms with van der Waals surface area (Å²) in [4.78, 5) is 42.3. The number of aromatic nitrogens is 7. The molecule has 0 aliphatic heterocycles. The van der Waals surface area contributed by atoms with E-state index in [1.54, 1.807) is 42.7 Å². The number of ketones is 1. The Balaban J connectivity index is 0.000000179. The quantitative estimate of drug-likeness (QED) is 0.0635. The van der Waals surface area contributed by atoms with Crippen LogP contribution in [0.1, 0.15) is 97.0 Å². The second kappa shape index (κ2) is 56.2. The number of rotatable bonds is 14. The standard InChI is InChI=1S/C27H26N.C23H14NO.2C18H14N.C12H10N.2C11H8N.C11H20O2.4Ir/c1-18(2)12-23-17-27(24-14-19(3)13-20(4)15-24)28-26-11-10-22(16-25(23)26)21-8-6-5-7-9-21;1-2-7-16(8-3-1)17-13-14-24-21(15-17)20-11-6-10-19-18-9-4-5-12-22(18)25-23(19)20;1-14-10-11-18(19-13-14)17-9-5-8-16(12-17)15-6-3-2-4-7-15;1-14-7-9-15(10-8-14)17-11-12-19-18(13-17)16-5-3-2-4-6-16;1-10-7-8-12(13-9-10)11-5-3-2-4-6-11;2*1-2-6-10(7-3-1)11-8-4-5-9-12-11;1-10(2,3)8(12)7-9(13)11(4,5)6;;;;/h5-11,13-14,16-18H,12H2,1-4H3;1-10,12-15H;2-8,10-13H,1H3;2-5,7-13H,1H3;2-5,7-9H,1H3;2*1-6,8-9H;7,12H,1-6H3;;;;/q7*-1;;;;;/i;;1D3;;1D3;;;;;;;. The number of hydrogen-bond donors (Lipinski definition) is 1. The minimum atomic E-state index is -2.12. The van der Waals surface area contributed by atoms with Crippen LogP contribution in [-0.2, 0) is 91.6 Å². The van der Waals surface area contributed by atoms with E-state index in [0.717, 1.165) is 129 Å². The molecular formula is C131H114Ir4N7O3-7. The Bertz CT molecular complexity index is 7670. The summed E-state index contributed by atoms with van der Waals surface area (Å²) in [5.74, 6) is 0.689. The SMILES string of the molecule is CC(C)(C)C(=O)C=C(O)C(C)(C)C.Cc1[c-]c(-c2cc(CC(C)C)c3cc(-c4ccccc4)ccc3n2)cc(C)c1.Cc1ccc(-c2ccnc(-c3[c-]cccc3)c2)cc1.[2H]C([2H])([2H])c1ccc(-c2[c-]ccc(-c3ccccc3)c2)nc1.[2H]C([2H])([2H])c1ccc(-c2[c-]cccc2)nc1.[Ir].[Ir].[Ir].[Ir].[c-]1ccc2c(oc3ccccc32)c1-c1cc(-c2ccccc2)ccn1.[c-]1ccccc1-c1ccccn1.[c-]1ccccc1-c1ccccn1. The zero-order valence-electron chi connectivity index (χ0n) is 88.5. The van der Waals surface area contributed by atoms with E-state index in [1.165, 1.54) is 68.4 Å². The normalized spacial score (nSPS) is 11.4. The first-order valence-electron chi connectivity index (χ1n) is 49.9. The van der Waals surface area contributed by atoms with Gasteiger partial charge in [-0.15, -0.1) is 232 Å². The number of hydrogen-bond acceptors (Lipinski definition) is 10. The zero-order valence-corrected chi connectivity index (χ0v) is 92.1. The van der Waals surface area contributed by atoms with Crippen molar-refractivity contribution in [2.45, 2.75) is 96.3 Å². The molecule has 0 amide bonds. The van der Waals surface area contributed by atoms with Crippen LogP contribution in [0.3, 0.4) is 0 Å². The number of allylic oxidation sites excluding steroid dienone is 2. The molecule has 0 bridgehead atoms. The van der Waals surface area contributed by atoms with Crippen molar-refractivity contribution in [3.8, 4) is 123 Å². The van der Waals surface area contributed by atoms with E-state index >= 15 is 0 Å². The minimum Gasteiger partial charge on any atom is -0.512 e. The summed E-state index contributed by atoms with van der Waals surface area (Å²) in [7, 11) is 0. The number of carbonyl (C=O) groups is 1. The number of aliphatic hydroxyl groups excluding tert-OH is 1. The van der Waals surface area contributed by atoms with Gasteiger partial charge in [0.15, 0.2) is 5.78 Å². The Morgan fingerprint density at radius 2 is 0.779 bits per heavy atom. The largest absolute Gasteiger partial charge is 0.512 e. The molecule has 14 heteroatoms. The van der Waals surface area contributed by atoms with Crippen LogP contribution in [-0.4, -0.2) is 45.8 Å². The third-order valence-electron chi connectivity index (χ3n) is 22.4. The Labute approximate surface area is 918 Å². The van der Waals surface area contributed by atoms with E-state index in [-0.39, 0.29) is 109 Å². The zero-order chi connectivity index (χ0) is 104. The molecule has 0 atom stereocenters. The summed E-state index contributed by atoms with van der Waals surface area (Å²) in [6, 6.07) is 151. The fourth-order valence-electron chi connectivity index (χ4n) is 15.0. The smallest absolute Gasteiger partial charge is 0.164 e. The van der Waals surface area contributed by atoms with Gasteiger partial charge < -0.3 is 39.4 Å². The molecule has 10 nitrogen and oxygen atoms in total. The molecule has 0 saturated carbocycles. The monoisotopic (exact) mass is 2610 g/mol. The van der Waals surface area contributed by atoms with Crippen molar-refractivity contribution in [3.63, 3.8) is 0 Å². The number of nitrogens with zero attached hydrogens (tertiary/aromatic N) is 7. The summed E-state index contributed by atoms with van der Waals surface area (Å²) < 4.78 is 50.0. The van der Waals surface area contributed by atoms with Gasteiger partial charge in [-0.1, -0.05) is 292 Å². The maximum absolute atomic E-state index is 11.5. The first-order valence-corrected chi connectivity index (χ1v) is 46.9. The van der Waals surface area contributed by atoms with Crippen molar-refractivity contribution in [2.75, 3.05) is 0 Å². The molecule has 1 N–H and O–H groups in total. The number of para-hydroxylation sites is 1. The summed E-state index contributed by atoms with van der Waals surface area (Å²) in [5, 5.41) is 13.0. The Morgan fingerprint density at radius 1 is 0.345 bits per heavy atom. The Morgan fingerprint density at radius 3 is 1.26 bits per heavy atom. The number of aliphatic hydroxyl groups is 1. The number of carbonyl (C=O) groups excluding carboxylic acids is 1. The molecule has 145 heavy (non-hydrogen) atoms. The number of fused-ring (bicyclic) bond motifs is 4. The summed E-state index contributed by atoms with van der Waals surface area (Å²) >= 11 is 0. The van der Waals surface area contributed by atoms with Crippen molar-refractivity contribution in [1.29, 1.82) is 0 Å². The van der Waals surface area contributed by atoms with Crippen LogP contribution >= 0.6 is 0 Å². The Hall–Kier alpha value is -14.2. The fraction of sp³-hybridized carbons (Fsp3) is 0.130. The predicted molar refractivity (Wildman–Crippen MR) is 583 cm³/mol. The van der Waals surface area contributed by atoms with Gasteiger partial charge in [0.05, 0.1) is 11.1 Å². The van der Waals surface area contributed by atoms with E-state index in [9.17, 15) is 9.90 Å². The van der Waals surface area contributed by atoms with Gasteiger partial charge >= 0.3 is 0 Å². The van der Waals surface area contributed by atoms with Gasteiger partial charge in [-0.25, -0.2) is 0 Å². The molecule has 0 aliphatic carbocycles. The van der Waals surface area contributed by atoms with Gasteiger partial charge in [-0.05, 0) is 171 Å². The van der Waals surface area contributed by atoms with E-state index in [0.29, 0.717) is 11.6 Å². The van der Waals surface area contributed by atoms with Crippen molar-refractivity contribution < 1.29 is 103 Å². The van der Waals surface area contributed by atoms with Gasteiger partial charge in [0, 0.05) is 154 Å². The van der Waals surface area contributed by atoms with Crippen LogP contribution in [0.25, 0.3) is 156 Å². The maximum Gasteiger partial charge on any atom is 0.164 e. The molecule has 734 valence electrons. The number of aryl methyl sites for hydroxylation is 5. The summed E-state index contributed by atoms with van der Waals surface area (Å²) in [6.07, 6.45) is 12.4. The number of benzene rings is 13. The molecule has 0 fully saturated rings. The van der Waals surface area contributed by atoms with Gasteiger partial charge in [0.25, 0.3) is 0 Å². The molecule has 0 aliphatic rings. The third kappa shape index (κ3) is 33.4. The van der Waals surface area contributed by atoms with Crippen LogP contribution in [0.2, 0.25) is 0 Å². The molecule has 0 saturated heterocycles. The molecule has 0 spiro atoms. The molecule has 4 radical (unpaired) electrons. The average Bonchev–Trinajstić information content (AvgIpc) is 1.61. The first-order chi connectivity index (χ1) is 70.8.